The van der Waals surface area contributed by atoms with E-state index in [1.54, 1.807) is 14.0 Å². The summed E-state index contributed by atoms with van der Waals surface area (Å²) in [5.74, 6) is 1.29. The Morgan fingerprint density at radius 2 is 2.32 bits per heavy atom. The van der Waals surface area contributed by atoms with Crippen molar-refractivity contribution in [1.82, 2.24) is 10.3 Å². The fourth-order valence-electron chi connectivity index (χ4n) is 1.70. The number of oxazole rings is 1. The molecule has 0 radical (unpaired) electrons. The average molecular weight is 260 g/mol. The van der Waals surface area contributed by atoms with Crippen LogP contribution in [-0.2, 0) is 6.42 Å². The van der Waals surface area contributed by atoms with Gasteiger partial charge in [-0.15, -0.1) is 0 Å². The van der Waals surface area contributed by atoms with Crippen LogP contribution in [0.15, 0.2) is 34.9 Å². The number of hydrogen-bond donors (Lipinski definition) is 1. The summed E-state index contributed by atoms with van der Waals surface area (Å²) in [7, 11) is 1.63. The van der Waals surface area contributed by atoms with E-state index in [0.717, 1.165) is 17.7 Å². The predicted molar refractivity (Wildman–Crippen MR) is 70.3 cm³/mol. The van der Waals surface area contributed by atoms with Crippen molar-refractivity contribution in [3.05, 3.63) is 47.7 Å². The summed E-state index contributed by atoms with van der Waals surface area (Å²) in [6.07, 6.45) is 2.16. The van der Waals surface area contributed by atoms with Gasteiger partial charge in [0, 0.05) is 13.5 Å². The molecule has 1 N–H and O–H groups in total. The van der Waals surface area contributed by atoms with Gasteiger partial charge in [0.25, 0.3) is 5.91 Å². The minimum atomic E-state index is -0.247. The van der Waals surface area contributed by atoms with E-state index in [1.807, 2.05) is 24.3 Å². The largest absolute Gasteiger partial charge is 0.497 e. The van der Waals surface area contributed by atoms with Crippen molar-refractivity contribution in [2.24, 2.45) is 0 Å². The molecule has 0 bridgehead atoms. The molecule has 2 rings (SSSR count). The highest BCUT2D eigenvalue weighted by atomic mass is 16.5. The van der Waals surface area contributed by atoms with Crippen molar-refractivity contribution in [3.63, 3.8) is 0 Å². The molecule has 0 fully saturated rings. The average Bonchev–Trinajstić information content (AvgIpc) is 2.86. The Hall–Kier alpha value is -2.30. The molecule has 0 spiro atoms. The Morgan fingerprint density at radius 1 is 1.47 bits per heavy atom. The lowest BCUT2D eigenvalue weighted by Gasteiger charge is -2.05. The highest BCUT2D eigenvalue weighted by Crippen LogP contribution is 2.12. The molecule has 0 aliphatic carbocycles. The summed E-state index contributed by atoms with van der Waals surface area (Å²) in [6, 6.07) is 7.76. The molecule has 0 saturated carbocycles. The number of carbonyl (C=O) groups is 1. The van der Waals surface area contributed by atoms with Gasteiger partial charge in [0.15, 0.2) is 5.89 Å². The third kappa shape index (κ3) is 3.58. The molecule has 0 aliphatic rings. The van der Waals surface area contributed by atoms with E-state index in [2.05, 4.69) is 10.3 Å². The van der Waals surface area contributed by atoms with Crippen LogP contribution in [-0.4, -0.2) is 24.5 Å². The molecule has 1 aromatic heterocycles. The van der Waals surface area contributed by atoms with Crippen LogP contribution < -0.4 is 10.1 Å². The molecule has 100 valence electrons. The summed E-state index contributed by atoms with van der Waals surface area (Å²) < 4.78 is 10.3. The zero-order valence-corrected chi connectivity index (χ0v) is 11.0. The fraction of sp³-hybridized carbons (Fsp3) is 0.286. The van der Waals surface area contributed by atoms with Gasteiger partial charge >= 0.3 is 0 Å². The smallest absolute Gasteiger partial charge is 0.288 e. The maximum Gasteiger partial charge on any atom is 0.288 e. The number of rotatable bonds is 5. The lowest BCUT2D eigenvalue weighted by Crippen LogP contribution is -2.25. The highest BCUT2D eigenvalue weighted by Gasteiger charge is 2.09. The van der Waals surface area contributed by atoms with Crippen LogP contribution in [0.25, 0.3) is 0 Å². The highest BCUT2D eigenvalue weighted by molar-refractivity contribution is 5.91. The minimum absolute atomic E-state index is 0.239. The fourth-order valence-corrected chi connectivity index (χ4v) is 1.70. The molecule has 5 heteroatoms. The zero-order chi connectivity index (χ0) is 13.7. The number of nitrogens with one attached hydrogen (secondary N) is 1. The quantitative estimate of drug-likeness (QED) is 0.892. The number of ether oxygens (including phenoxy) is 1. The number of aryl methyl sites for hydroxylation is 1. The SMILES string of the molecule is COc1cccc(CCNC(=O)c2cnc(C)o2)c1. The van der Waals surface area contributed by atoms with Crippen molar-refractivity contribution < 1.29 is 13.9 Å². The number of methoxy groups -OCH3 is 1. The van der Waals surface area contributed by atoms with Crippen LogP contribution in [0.5, 0.6) is 5.75 Å². The maximum absolute atomic E-state index is 11.7. The number of nitrogens with zero attached hydrogens (tertiary/aromatic N) is 1. The van der Waals surface area contributed by atoms with Gasteiger partial charge in [-0.05, 0) is 24.1 Å². The van der Waals surface area contributed by atoms with Crippen molar-refractivity contribution in [2.45, 2.75) is 13.3 Å². The number of carbonyl (C=O) groups excluding carboxylic acids is 1. The zero-order valence-electron chi connectivity index (χ0n) is 11.0. The maximum atomic E-state index is 11.7. The van der Waals surface area contributed by atoms with E-state index < -0.39 is 0 Å². The second-order valence-electron chi connectivity index (χ2n) is 4.10. The summed E-state index contributed by atoms with van der Waals surface area (Å²) in [6.45, 7) is 2.23. The van der Waals surface area contributed by atoms with Gasteiger partial charge in [0.1, 0.15) is 5.75 Å². The Balaban J connectivity index is 1.84. The number of hydrogen-bond acceptors (Lipinski definition) is 4. The molecule has 19 heavy (non-hydrogen) atoms. The van der Waals surface area contributed by atoms with Gasteiger partial charge in [-0.1, -0.05) is 12.1 Å². The molecule has 5 nitrogen and oxygen atoms in total. The van der Waals surface area contributed by atoms with E-state index in [9.17, 15) is 4.79 Å². The normalized spacial score (nSPS) is 10.2. The Morgan fingerprint density at radius 3 is 3.00 bits per heavy atom. The molecular weight excluding hydrogens is 244 g/mol. The standard InChI is InChI=1S/C14H16N2O3/c1-10-16-9-13(19-10)14(17)15-7-6-11-4-3-5-12(8-11)18-2/h3-5,8-9H,6-7H2,1-2H3,(H,15,17). The summed E-state index contributed by atoms with van der Waals surface area (Å²) in [4.78, 5) is 15.6. The predicted octanol–water partition coefficient (Wildman–Crippen LogP) is 1.96. The molecule has 1 amide bonds. The second kappa shape index (κ2) is 6.04. The molecule has 0 atom stereocenters. The van der Waals surface area contributed by atoms with Crippen molar-refractivity contribution in [2.75, 3.05) is 13.7 Å². The van der Waals surface area contributed by atoms with Crippen LogP contribution in [0, 0.1) is 6.92 Å². The molecule has 0 aliphatic heterocycles. The van der Waals surface area contributed by atoms with Crippen LogP contribution >= 0.6 is 0 Å². The van der Waals surface area contributed by atoms with E-state index in [1.165, 1.54) is 6.20 Å². The van der Waals surface area contributed by atoms with Crippen LogP contribution in [0.2, 0.25) is 0 Å². The van der Waals surface area contributed by atoms with E-state index in [-0.39, 0.29) is 11.7 Å². The van der Waals surface area contributed by atoms with Crippen LogP contribution in [0.1, 0.15) is 22.0 Å². The van der Waals surface area contributed by atoms with Crippen LogP contribution in [0.3, 0.4) is 0 Å². The van der Waals surface area contributed by atoms with Gasteiger partial charge in [-0.3, -0.25) is 4.79 Å². The first kappa shape index (κ1) is 13.1. The topological polar surface area (TPSA) is 64.4 Å². The van der Waals surface area contributed by atoms with Crippen molar-refractivity contribution in [3.8, 4) is 5.75 Å². The van der Waals surface area contributed by atoms with Gasteiger partial charge in [-0.25, -0.2) is 4.98 Å². The van der Waals surface area contributed by atoms with Gasteiger partial charge in [0.05, 0.1) is 13.3 Å². The van der Waals surface area contributed by atoms with Gasteiger partial charge < -0.3 is 14.5 Å². The molecule has 1 aromatic carbocycles. The molecule has 0 saturated heterocycles. The summed E-state index contributed by atoms with van der Waals surface area (Å²) in [5, 5.41) is 2.78. The molecular formula is C14H16N2O3. The lowest BCUT2D eigenvalue weighted by molar-refractivity contribution is 0.0925. The third-order valence-electron chi connectivity index (χ3n) is 2.68. The van der Waals surface area contributed by atoms with Crippen molar-refractivity contribution in [1.29, 1.82) is 0 Å². The van der Waals surface area contributed by atoms with E-state index >= 15 is 0 Å². The number of aromatic nitrogens is 1. The molecule has 2 aromatic rings. The Kier molecular flexibility index (Phi) is 4.18. The number of amides is 1. The van der Waals surface area contributed by atoms with Crippen molar-refractivity contribution >= 4 is 5.91 Å². The Bertz CT molecular complexity index is 563. The molecule has 0 unspecified atom stereocenters. The first-order valence-electron chi connectivity index (χ1n) is 6.02. The third-order valence-corrected chi connectivity index (χ3v) is 2.68. The van der Waals surface area contributed by atoms with E-state index in [0.29, 0.717) is 12.4 Å². The first-order valence-corrected chi connectivity index (χ1v) is 6.02. The van der Waals surface area contributed by atoms with Gasteiger partial charge in [0.2, 0.25) is 5.76 Å². The summed E-state index contributed by atoms with van der Waals surface area (Å²) >= 11 is 0. The molecule has 1 heterocycles. The van der Waals surface area contributed by atoms with E-state index in [4.69, 9.17) is 9.15 Å². The lowest BCUT2D eigenvalue weighted by atomic mass is 10.1. The second-order valence-corrected chi connectivity index (χ2v) is 4.10. The monoisotopic (exact) mass is 260 g/mol. The van der Waals surface area contributed by atoms with Gasteiger partial charge in [-0.2, -0.15) is 0 Å². The minimum Gasteiger partial charge on any atom is -0.497 e. The first-order chi connectivity index (χ1) is 9.19. The summed E-state index contributed by atoms with van der Waals surface area (Å²) in [5.41, 5.74) is 1.11. The Labute approximate surface area is 111 Å². The van der Waals surface area contributed by atoms with Crippen LogP contribution in [0.4, 0.5) is 0 Å². The number of benzene rings is 1.